The summed E-state index contributed by atoms with van der Waals surface area (Å²) >= 11 is 0. The minimum Gasteiger partial charge on any atom is -0.497 e. The Morgan fingerprint density at radius 1 is 1.03 bits per heavy atom. The van der Waals surface area contributed by atoms with E-state index in [1.165, 1.54) is 0 Å². The van der Waals surface area contributed by atoms with Gasteiger partial charge in [-0.1, -0.05) is 22.9 Å². The zero-order valence-corrected chi connectivity index (χ0v) is 17.8. The van der Waals surface area contributed by atoms with Gasteiger partial charge in [0.05, 0.1) is 26.5 Å². The molecular formula is C25H24N2O4. The van der Waals surface area contributed by atoms with Gasteiger partial charge in [0.1, 0.15) is 17.2 Å². The number of ether oxygens (including phenoxy) is 1. The van der Waals surface area contributed by atoms with Crippen LogP contribution in [-0.2, 0) is 13.1 Å². The summed E-state index contributed by atoms with van der Waals surface area (Å²) in [5.41, 5.74) is 4.48. The standard InChI is InChI=1S/C25H24N2O4/c1-17-6-7-18(2)23(13-17)24-14-20(26-31-24)15-27(16-22-5-4-12-30-22)25(28)19-8-10-21(29-3)11-9-19/h4-14H,15-16H2,1-3H3. The van der Waals surface area contributed by atoms with E-state index < -0.39 is 0 Å². The maximum Gasteiger partial charge on any atom is 0.254 e. The molecule has 6 heteroatoms. The van der Waals surface area contributed by atoms with Crippen LogP contribution < -0.4 is 4.74 Å². The van der Waals surface area contributed by atoms with Crippen LogP contribution in [0.1, 0.15) is 32.9 Å². The minimum absolute atomic E-state index is 0.129. The quantitative estimate of drug-likeness (QED) is 0.403. The van der Waals surface area contributed by atoms with E-state index in [-0.39, 0.29) is 5.91 Å². The van der Waals surface area contributed by atoms with Crippen LogP contribution in [0.3, 0.4) is 0 Å². The van der Waals surface area contributed by atoms with Gasteiger partial charge in [0, 0.05) is 17.2 Å². The number of hydrogen-bond donors (Lipinski definition) is 0. The Balaban J connectivity index is 1.59. The molecule has 0 aliphatic heterocycles. The van der Waals surface area contributed by atoms with Crippen LogP contribution in [0.25, 0.3) is 11.3 Å². The van der Waals surface area contributed by atoms with Crippen LogP contribution in [0.5, 0.6) is 5.75 Å². The summed E-state index contributed by atoms with van der Waals surface area (Å²) in [4.78, 5) is 14.9. The Bertz CT molecular complexity index is 1160. The molecule has 0 aliphatic carbocycles. The molecule has 158 valence electrons. The van der Waals surface area contributed by atoms with E-state index in [0.717, 1.165) is 16.7 Å². The predicted octanol–water partition coefficient (Wildman–Crippen LogP) is 5.40. The summed E-state index contributed by atoms with van der Waals surface area (Å²) < 4.78 is 16.3. The Hall–Kier alpha value is -3.80. The minimum atomic E-state index is -0.129. The topological polar surface area (TPSA) is 68.7 Å². The van der Waals surface area contributed by atoms with Crippen LogP contribution in [0.4, 0.5) is 0 Å². The number of aromatic nitrogens is 1. The number of aryl methyl sites for hydroxylation is 2. The van der Waals surface area contributed by atoms with E-state index in [2.05, 4.69) is 23.4 Å². The molecule has 4 rings (SSSR count). The summed E-state index contributed by atoms with van der Waals surface area (Å²) in [5.74, 6) is 1.95. The lowest BCUT2D eigenvalue weighted by Gasteiger charge is -2.20. The second kappa shape index (κ2) is 8.92. The van der Waals surface area contributed by atoms with Crippen molar-refractivity contribution in [2.45, 2.75) is 26.9 Å². The molecule has 1 amide bonds. The molecular weight excluding hydrogens is 392 g/mol. The molecule has 4 aromatic rings. The summed E-state index contributed by atoms with van der Waals surface area (Å²) in [6, 6.07) is 18.8. The van der Waals surface area contributed by atoms with Gasteiger partial charge >= 0.3 is 0 Å². The van der Waals surface area contributed by atoms with Gasteiger partial charge in [-0.05, 0) is 61.9 Å². The third kappa shape index (κ3) is 4.69. The molecule has 0 bridgehead atoms. The Kier molecular flexibility index (Phi) is 5.89. The maximum absolute atomic E-state index is 13.2. The number of rotatable bonds is 7. The largest absolute Gasteiger partial charge is 0.497 e. The third-order valence-electron chi connectivity index (χ3n) is 5.12. The summed E-state index contributed by atoms with van der Waals surface area (Å²) in [6.07, 6.45) is 1.60. The zero-order valence-electron chi connectivity index (χ0n) is 17.8. The number of benzene rings is 2. The van der Waals surface area contributed by atoms with Crippen molar-refractivity contribution in [3.63, 3.8) is 0 Å². The van der Waals surface area contributed by atoms with Gasteiger partial charge in [-0.3, -0.25) is 4.79 Å². The number of nitrogens with zero attached hydrogens (tertiary/aromatic N) is 2. The molecule has 0 saturated heterocycles. The van der Waals surface area contributed by atoms with Crippen LogP contribution in [0.15, 0.2) is 75.9 Å². The summed E-state index contributed by atoms with van der Waals surface area (Å²) in [7, 11) is 1.60. The van der Waals surface area contributed by atoms with Gasteiger partial charge in [-0.2, -0.15) is 0 Å². The first kappa shape index (κ1) is 20.5. The number of carbonyl (C=O) groups is 1. The fraction of sp³-hybridized carbons (Fsp3) is 0.200. The van der Waals surface area contributed by atoms with Crippen molar-refractivity contribution in [2.24, 2.45) is 0 Å². The second-order valence-electron chi connectivity index (χ2n) is 7.47. The highest BCUT2D eigenvalue weighted by atomic mass is 16.5. The van der Waals surface area contributed by atoms with E-state index in [4.69, 9.17) is 13.7 Å². The molecule has 0 atom stereocenters. The Labute approximate surface area is 181 Å². The average Bonchev–Trinajstić information content (AvgIpc) is 3.47. The molecule has 0 N–H and O–H groups in total. The van der Waals surface area contributed by atoms with Crippen molar-refractivity contribution in [1.82, 2.24) is 10.1 Å². The van der Waals surface area contributed by atoms with Crippen LogP contribution >= 0.6 is 0 Å². The highest BCUT2D eigenvalue weighted by molar-refractivity contribution is 5.94. The monoisotopic (exact) mass is 416 g/mol. The Morgan fingerprint density at radius 2 is 1.84 bits per heavy atom. The Morgan fingerprint density at radius 3 is 2.55 bits per heavy atom. The number of hydrogen-bond acceptors (Lipinski definition) is 5. The molecule has 0 spiro atoms. The van der Waals surface area contributed by atoms with E-state index in [9.17, 15) is 4.79 Å². The first-order valence-electron chi connectivity index (χ1n) is 10.0. The molecule has 0 aliphatic rings. The van der Waals surface area contributed by atoms with Crippen molar-refractivity contribution in [3.8, 4) is 17.1 Å². The van der Waals surface area contributed by atoms with Crippen molar-refractivity contribution in [1.29, 1.82) is 0 Å². The predicted molar refractivity (Wildman–Crippen MR) is 117 cm³/mol. The van der Waals surface area contributed by atoms with Crippen molar-refractivity contribution < 1.29 is 18.5 Å². The van der Waals surface area contributed by atoms with Crippen LogP contribution in [-0.4, -0.2) is 23.1 Å². The molecule has 0 fully saturated rings. The number of methoxy groups -OCH3 is 1. The first-order chi connectivity index (χ1) is 15.0. The lowest BCUT2D eigenvalue weighted by Crippen LogP contribution is -2.30. The number of amides is 1. The first-order valence-corrected chi connectivity index (χ1v) is 10.0. The fourth-order valence-electron chi connectivity index (χ4n) is 3.42. The van der Waals surface area contributed by atoms with E-state index in [0.29, 0.717) is 41.6 Å². The fourth-order valence-corrected chi connectivity index (χ4v) is 3.42. The number of furan rings is 1. The normalized spacial score (nSPS) is 10.8. The van der Waals surface area contributed by atoms with Crippen LogP contribution in [0, 0.1) is 13.8 Å². The van der Waals surface area contributed by atoms with E-state index in [1.807, 2.05) is 26.0 Å². The van der Waals surface area contributed by atoms with Gasteiger partial charge in [-0.15, -0.1) is 0 Å². The molecule has 6 nitrogen and oxygen atoms in total. The highest BCUT2D eigenvalue weighted by Gasteiger charge is 2.20. The highest BCUT2D eigenvalue weighted by Crippen LogP contribution is 2.26. The zero-order chi connectivity index (χ0) is 21.8. The van der Waals surface area contributed by atoms with Gasteiger partial charge in [0.15, 0.2) is 5.76 Å². The van der Waals surface area contributed by atoms with Gasteiger partial charge < -0.3 is 18.6 Å². The molecule has 0 radical (unpaired) electrons. The maximum atomic E-state index is 13.2. The number of carbonyl (C=O) groups excluding carboxylic acids is 1. The summed E-state index contributed by atoms with van der Waals surface area (Å²) in [6.45, 7) is 4.69. The molecule has 0 saturated carbocycles. The van der Waals surface area contributed by atoms with Crippen molar-refractivity contribution in [2.75, 3.05) is 7.11 Å². The summed E-state index contributed by atoms with van der Waals surface area (Å²) in [5, 5.41) is 4.22. The van der Waals surface area contributed by atoms with Gasteiger partial charge in [-0.25, -0.2) is 0 Å². The van der Waals surface area contributed by atoms with Gasteiger partial charge in [0.25, 0.3) is 5.91 Å². The molecule has 0 unspecified atom stereocenters. The van der Waals surface area contributed by atoms with E-state index >= 15 is 0 Å². The third-order valence-corrected chi connectivity index (χ3v) is 5.12. The van der Waals surface area contributed by atoms with Crippen molar-refractivity contribution >= 4 is 5.91 Å². The molecule has 2 aromatic carbocycles. The second-order valence-corrected chi connectivity index (χ2v) is 7.47. The average molecular weight is 416 g/mol. The van der Waals surface area contributed by atoms with Crippen LogP contribution in [0.2, 0.25) is 0 Å². The SMILES string of the molecule is COc1ccc(C(=O)N(Cc2cc(-c3cc(C)ccc3C)on2)Cc2ccco2)cc1. The van der Waals surface area contributed by atoms with Gasteiger partial charge in [0.2, 0.25) is 0 Å². The molecule has 2 aromatic heterocycles. The smallest absolute Gasteiger partial charge is 0.254 e. The van der Waals surface area contributed by atoms with E-state index in [1.54, 1.807) is 48.6 Å². The lowest BCUT2D eigenvalue weighted by molar-refractivity contribution is 0.0713. The molecule has 2 heterocycles. The van der Waals surface area contributed by atoms with Crippen molar-refractivity contribution in [3.05, 3.63) is 95.1 Å². The lowest BCUT2D eigenvalue weighted by atomic mass is 10.0. The molecule has 31 heavy (non-hydrogen) atoms.